The van der Waals surface area contributed by atoms with E-state index in [1.165, 1.54) is 11.3 Å². The van der Waals surface area contributed by atoms with Crippen LogP contribution in [0, 0.1) is 0 Å². The molecule has 0 saturated carbocycles. The molecule has 29 heavy (non-hydrogen) atoms. The minimum absolute atomic E-state index is 0.115. The molecule has 0 saturated heterocycles. The number of hydrogen-bond acceptors (Lipinski definition) is 5. The Hall–Kier alpha value is -3.25. The van der Waals surface area contributed by atoms with Crippen molar-refractivity contribution in [3.8, 4) is 27.7 Å². The van der Waals surface area contributed by atoms with Crippen molar-refractivity contribution in [2.24, 2.45) is 0 Å². The van der Waals surface area contributed by atoms with Gasteiger partial charge in [-0.3, -0.25) is 4.79 Å². The molecule has 6 heteroatoms. The van der Waals surface area contributed by atoms with Crippen LogP contribution in [0.15, 0.2) is 66.7 Å². The van der Waals surface area contributed by atoms with Crippen LogP contribution >= 0.6 is 11.3 Å². The third-order valence-corrected chi connectivity index (χ3v) is 5.73. The number of ketones is 1. The van der Waals surface area contributed by atoms with Crippen LogP contribution in [0.3, 0.4) is 0 Å². The molecule has 1 heterocycles. The van der Waals surface area contributed by atoms with E-state index in [1.54, 1.807) is 66.7 Å². The minimum Gasteiger partial charge on any atom is -0.508 e. The molecule has 0 amide bonds. The Morgan fingerprint density at radius 2 is 1.62 bits per heavy atom. The van der Waals surface area contributed by atoms with Crippen LogP contribution in [0.5, 0.6) is 17.2 Å². The van der Waals surface area contributed by atoms with Crippen molar-refractivity contribution < 1.29 is 19.7 Å². The summed E-state index contributed by atoms with van der Waals surface area (Å²) in [5.41, 5.74) is 1.94. The molecule has 0 aliphatic rings. The van der Waals surface area contributed by atoms with Crippen molar-refractivity contribution in [1.29, 1.82) is 0 Å². The smallest absolute Gasteiger partial charge is 0.195 e. The van der Waals surface area contributed by atoms with Gasteiger partial charge in [0.15, 0.2) is 5.78 Å². The third kappa shape index (κ3) is 3.84. The quantitative estimate of drug-likeness (QED) is 0.346. The highest BCUT2D eigenvalue weighted by molar-refractivity contribution is 7.22. The van der Waals surface area contributed by atoms with Crippen LogP contribution in [0.25, 0.3) is 20.5 Å². The van der Waals surface area contributed by atoms with Crippen molar-refractivity contribution >= 4 is 35.1 Å². The molecule has 0 atom stereocenters. The molecule has 0 unspecified atom stereocenters. The summed E-state index contributed by atoms with van der Waals surface area (Å²) in [6, 6.07) is 18.7. The largest absolute Gasteiger partial charge is 0.508 e. The van der Waals surface area contributed by atoms with Gasteiger partial charge in [0.2, 0.25) is 0 Å². The molecule has 3 aromatic carbocycles. The molecule has 0 aliphatic heterocycles. The number of phenolic OH excluding ortho intramolecular Hbond substituents is 2. The zero-order valence-corrected chi connectivity index (χ0v) is 16.3. The van der Waals surface area contributed by atoms with Crippen LogP contribution < -0.4 is 4.74 Å². The Kier molecular flexibility index (Phi) is 5.27. The number of phenols is 2. The molecule has 2 N–H and O–H groups in total. The second-order valence-electron chi connectivity index (χ2n) is 6.52. The second kappa shape index (κ2) is 8.01. The van der Waals surface area contributed by atoms with Crippen LogP contribution in [0.1, 0.15) is 15.9 Å². The van der Waals surface area contributed by atoms with E-state index >= 15 is 0 Å². The van der Waals surface area contributed by atoms with Crippen molar-refractivity contribution in [2.75, 3.05) is 6.61 Å². The van der Waals surface area contributed by atoms with E-state index in [9.17, 15) is 15.0 Å². The van der Waals surface area contributed by atoms with Gasteiger partial charge in [0, 0.05) is 26.1 Å². The van der Waals surface area contributed by atoms with Gasteiger partial charge in [-0.2, -0.15) is 0 Å². The second-order valence-corrected chi connectivity index (χ2v) is 7.58. The number of rotatable bonds is 6. The molecule has 0 bridgehead atoms. The number of carbonyl (C=O) groups excluding carboxylic acids is 1. The van der Waals surface area contributed by atoms with Gasteiger partial charge in [0.1, 0.15) is 17.2 Å². The molecule has 0 spiro atoms. The lowest BCUT2D eigenvalue weighted by molar-refractivity contribution is 0.104. The number of ether oxygens (including phenoxy) is 1. The number of carbonyl (C=O) groups is 1. The highest BCUT2D eigenvalue weighted by Gasteiger charge is 2.22. The van der Waals surface area contributed by atoms with Crippen molar-refractivity contribution in [1.82, 2.24) is 0 Å². The fraction of sp³-hybridized carbons (Fsp3) is 0.0870. The molecule has 142 valence electrons. The summed E-state index contributed by atoms with van der Waals surface area (Å²) in [7, 11) is 5.45. The first-order valence-electron chi connectivity index (χ1n) is 9.09. The van der Waals surface area contributed by atoms with Crippen LogP contribution in [0.4, 0.5) is 0 Å². The molecule has 2 radical (unpaired) electrons. The topological polar surface area (TPSA) is 66.8 Å². The van der Waals surface area contributed by atoms with Gasteiger partial charge in [-0.15, -0.1) is 11.3 Å². The number of benzene rings is 3. The third-order valence-electron chi connectivity index (χ3n) is 4.53. The lowest BCUT2D eigenvalue weighted by Gasteiger charge is -2.08. The van der Waals surface area contributed by atoms with Gasteiger partial charge in [-0.25, -0.2) is 0 Å². The van der Waals surface area contributed by atoms with E-state index in [1.807, 2.05) is 0 Å². The number of aromatic hydroxyl groups is 2. The Labute approximate surface area is 173 Å². The van der Waals surface area contributed by atoms with E-state index in [-0.39, 0.29) is 17.3 Å². The van der Waals surface area contributed by atoms with E-state index in [2.05, 4.69) is 0 Å². The highest BCUT2D eigenvalue weighted by atomic mass is 32.1. The van der Waals surface area contributed by atoms with Gasteiger partial charge in [-0.05, 0) is 72.3 Å². The average molecular weight is 400 g/mol. The lowest BCUT2D eigenvalue weighted by atomic mass is 9.97. The maximum Gasteiger partial charge on any atom is 0.195 e. The van der Waals surface area contributed by atoms with Crippen LogP contribution in [0.2, 0.25) is 6.32 Å². The Balaban J connectivity index is 1.81. The maximum absolute atomic E-state index is 13.4. The first-order valence-corrected chi connectivity index (χ1v) is 9.91. The summed E-state index contributed by atoms with van der Waals surface area (Å²) >= 11 is 1.43. The number of thiophene rings is 1. The summed E-state index contributed by atoms with van der Waals surface area (Å²) < 4.78 is 6.30. The summed E-state index contributed by atoms with van der Waals surface area (Å²) in [6.07, 6.45) is 0.421. The van der Waals surface area contributed by atoms with Gasteiger partial charge in [-0.1, -0.05) is 6.32 Å². The van der Waals surface area contributed by atoms with E-state index in [0.717, 1.165) is 20.5 Å². The molecular formula is C23H17BO4S. The molecule has 0 fully saturated rings. The molecule has 4 rings (SSSR count). The van der Waals surface area contributed by atoms with Gasteiger partial charge in [0.25, 0.3) is 0 Å². The Morgan fingerprint density at radius 3 is 2.31 bits per heavy atom. The molecule has 1 aromatic heterocycles. The SMILES string of the molecule is [B]CCOc1ccc(C(=O)c2c(-c3ccc(O)cc3)sc3cc(O)ccc23)cc1. The van der Waals surface area contributed by atoms with Gasteiger partial charge < -0.3 is 14.9 Å². The number of hydrogen-bond donors (Lipinski definition) is 2. The summed E-state index contributed by atoms with van der Waals surface area (Å²) in [6.45, 7) is 0.414. The van der Waals surface area contributed by atoms with Crippen LogP contribution in [-0.4, -0.2) is 30.4 Å². The summed E-state index contributed by atoms with van der Waals surface area (Å²) in [4.78, 5) is 14.2. The van der Waals surface area contributed by atoms with E-state index in [0.29, 0.717) is 29.8 Å². The maximum atomic E-state index is 13.4. The first-order chi connectivity index (χ1) is 14.1. The fourth-order valence-electron chi connectivity index (χ4n) is 3.15. The predicted octanol–water partition coefficient (Wildman–Crippen LogP) is 5.18. The highest BCUT2D eigenvalue weighted by Crippen LogP contribution is 2.41. The van der Waals surface area contributed by atoms with Crippen LogP contribution in [-0.2, 0) is 0 Å². The van der Waals surface area contributed by atoms with Crippen molar-refractivity contribution in [2.45, 2.75) is 6.32 Å². The van der Waals surface area contributed by atoms with Gasteiger partial charge >= 0.3 is 0 Å². The normalized spacial score (nSPS) is 10.9. The summed E-state index contributed by atoms with van der Waals surface area (Å²) in [5, 5.41) is 20.2. The minimum atomic E-state index is -0.115. The average Bonchev–Trinajstić information content (AvgIpc) is 3.11. The number of fused-ring (bicyclic) bond motifs is 1. The van der Waals surface area contributed by atoms with Crippen molar-refractivity contribution in [3.05, 3.63) is 77.9 Å². The molecule has 4 aromatic rings. The van der Waals surface area contributed by atoms with E-state index < -0.39 is 0 Å². The molecule has 0 aliphatic carbocycles. The first kappa shape index (κ1) is 19.1. The molecular weight excluding hydrogens is 383 g/mol. The lowest BCUT2D eigenvalue weighted by Crippen LogP contribution is -2.03. The fourth-order valence-corrected chi connectivity index (χ4v) is 4.39. The Bertz CT molecular complexity index is 1160. The summed E-state index contributed by atoms with van der Waals surface area (Å²) in [5.74, 6) is 0.853. The zero-order valence-electron chi connectivity index (χ0n) is 15.5. The van der Waals surface area contributed by atoms with Crippen molar-refractivity contribution in [3.63, 3.8) is 0 Å². The predicted molar refractivity (Wildman–Crippen MR) is 117 cm³/mol. The van der Waals surface area contributed by atoms with E-state index in [4.69, 9.17) is 12.6 Å². The molecule has 4 nitrogen and oxygen atoms in total. The monoisotopic (exact) mass is 400 g/mol. The zero-order chi connectivity index (χ0) is 20.4. The standard InChI is InChI=1S/C23H17BO4S/c24-11-12-28-18-8-3-14(4-9-18)22(27)21-19-10-7-17(26)13-20(19)29-23(21)15-1-5-16(25)6-2-15/h1-10,13,25-26H,11-12H2. The van der Waals surface area contributed by atoms with Gasteiger partial charge in [0.05, 0.1) is 14.5 Å². The Morgan fingerprint density at radius 1 is 0.931 bits per heavy atom.